The third-order valence-electron chi connectivity index (χ3n) is 7.20. The van der Waals surface area contributed by atoms with Gasteiger partial charge in [-0.1, -0.05) is 78.4 Å². The smallest absolute Gasteiger partial charge is 0.262 e. The second kappa shape index (κ2) is 13.2. The van der Waals surface area contributed by atoms with E-state index in [1.54, 1.807) is 42.5 Å². The van der Waals surface area contributed by atoms with Crippen molar-refractivity contribution in [2.45, 2.75) is 30.9 Å². The molecular weight excluding hydrogens is 569 g/mol. The number of aryl methyl sites for hydroxylation is 1. The molecule has 222 valence electrons. The Morgan fingerprint density at radius 3 is 2.35 bits per heavy atom. The summed E-state index contributed by atoms with van der Waals surface area (Å²) in [4.78, 5) is 28.3. The number of sulfonamides is 1. The summed E-state index contributed by atoms with van der Waals surface area (Å²) in [6.45, 7) is 1.15. The van der Waals surface area contributed by atoms with Crippen LogP contribution in [0, 0.1) is 12.7 Å². The average Bonchev–Trinajstić information content (AvgIpc) is 3.01. The maximum Gasteiger partial charge on any atom is 0.262 e. The fourth-order valence-electron chi connectivity index (χ4n) is 4.83. The summed E-state index contributed by atoms with van der Waals surface area (Å²) in [6.07, 6.45) is -0.385. The molecule has 0 radical (unpaired) electrons. The van der Waals surface area contributed by atoms with Gasteiger partial charge in [-0.05, 0) is 49.2 Å². The SMILES string of the molecule is Cc1ccc(S(=O)(=O)N(CC(=O)N2C[C@@H](C(=O)NCCc3ccccc3)Oc3ccccc32)Cc2ccccc2F)cc1. The molecule has 0 aliphatic carbocycles. The zero-order valence-corrected chi connectivity index (χ0v) is 24.5. The highest BCUT2D eigenvalue weighted by Crippen LogP contribution is 2.34. The topological polar surface area (TPSA) is 96.0 Å². The predicted molar refractivity (Wildman–Crippen MR) is 162 cm³/mol. The van der Waals surface area contributed by atoms with E-state index in [-0.39, 0.29) is 23.5 Å². The Balaban J connectivity index is 1.38. The van der Waals surface area contributed by atoms with E-state index < -0.39 is 40.3 Å². The van der Waals surface area contributed by atoms with Crippen molar-refractivity contribution in [1.82, 2.24) is 9.62 Å². The summed E-state index contributed by atoms with van der Waals surface area (Å²) in [5, 5.41) is 2.87. The molecule has 0 unspecified atom stereocenters. The van der Waals surface area contributed by atoms with Crippen LogP contribution in [0.1, 0.15) is 16.7 Å². The van der Waals surface area contributed by atoms with Gasteiger partial charge in [0.25, 0.3) is 5.91 Å². The molecule has 10 heteroatoms. The molecule has 0 saturated carbocycles. The van der Waals surface area contributed by atoms with Crippen LogP contribution in [0.2, 0.25) is 0 Å². The first-order chi connectivity index (χ1) is 20.7. The van der Waals surface area contributed by atoms with Gasteiger partial charge in [-0.15, -0.1) is 0 Å². The third kappa shape index (κ3) is 7.10. The van der Waals surface area contributed by atoms with Crippen LogP contribution in [0.25, 0.3) is 0 Å². The number of hydrogen-bond donors (Lipinski definition) is 1. The van der Waals surface area contributed by atoms with Gasteiger partial charge < -0.3 is 15.0 Å². The zero-order valence-electron chi connectivity index (χ0n) is 23.6. The Bertz CT molecular complexity index is 1700. The quantitative estimate of drug-likeness (QED) is 0.289. The molecule has 1 N–H and O–H groups in total. The Morgan fingerprint density at radius 2 is 1.60 bits per heavy atom. The van der Waals surface area contributed by atoms with E-state index in [9.17, 15) is 22.4 Å². The molecule has 4 aromatic carbocycles. The van der Waals surface area contributed by atoms with Crippen LogP contribution in [-0.2, 0) is 32.6 Å². The van der Waals surface area contributed by atoms with Gasteiger partial charge in [0.15, 0.2) is 6.10 Å². The van der Waals surface area contributed by atoms with Crippen molar-refractivity contribution in [3.63, 3.8) is 0 Å². The number of para-hydroxylation sites is 2. The van der Waals surface area contributed by atoms with Crippen LogP contribution in [0.3, 0.4) is 0 Å². The highest BCUT2D eigenvalue weighted by molar-refractivity contribution is 7.89. The van der Waals surface area contributed by atoms with E-state index in [1.807, 2.05) is 37.3 Å². The molecule has 1 heterocycles. The molecule has 0 bridgehead atoms. The van der Waals surface area contributed by atoms with Crippen LogP contribution < -0.4 is 15.0 Å². The molecule has 0 fully saturated rings. The van der Waals surface area contributed by atoms with E-state index in [0.717, 1.165) is 15.4 Å². The van der Waals surface area contributed by atoms with Crippen LogP contribution in [0.15, 0.2) is 108 Å². The van der Waals surface area contributed by atoms with E-state index in [1.165, 1.54) is 35.2 Å². The number of carbonyl (C=O) groups excluding carboxylic acids is 2. The number of hydrogen-bond acceptors (Lipinski definition) is 5. The number of nitrogens with one attached hydrogen (secondary N) is 1. The number of anilines is 1. The van der Waals surface area contributed by atoms with E-state index >= 15 is 0 Å². The number of halogens is 1. The number of carbonyl (C=O) groups is 2. The number of nitrogens with zero attached hydrogens (tertiary/aromatic N) is 2. The number of rotatable bonds is 10. The Morgan fingerprint density at radius 1 is 0.930 bits per heavy atom. The van der Waals surface area contributed by atoms with Crippen molar-refractivity contribution < 1.29 is 27.1 Å². The molecule has 1 atom stereocenters. The molecule has 1 aliphatic rings. The number of benzene rings is 4. The summed E-state index contributed by atoms with van der Waals surface area (Å²) in [5.41, 5.74) is 2.48. The summed E-state index contributed by atoms with van der Waals surface area (Å²) in [5.74, 6) is -1.22. The molecular formula is C33H32FN3O5S. The summed E-state index contributed by atoms with van der Waals surface area (Å²) >= 11 is 0. The lowest BCUT2D eigenvalue weighted by Gasteiger charge is -2.35. The fraction of sp³-hybridized carbons (Fsp3) is 0.212. The minimum Gasteiger partial charge on any atom is -0.477 e. The average molecular weight is 602 g/mol. The van der Waals surface area contributed by atoms with Gasteiger partial charge >= 0.3 is 0 Å². The highest BCUT2D eigenvalue weighted by atomic mass is 32.2. The Labute approximate surface area is 250 Å². The van der Waals surface area contributed by atoms with Crippen molar-refractivity contribution in [3.05, 3.63) is 126 Å². The summed E-state index contributed by atoms with van der Waals surface area (Å²) < 4.78 is 49.1. The molecule has 2 amide bonds. The van der Waals surface area contributed by atoms with Gasteiger partial charge in [-0.25, -0.2) is 12.8 Å². The summed E-state index contributed by atoms with van der Waals surface area (Å²) in [7, 11) is -4.20. The maximum atomic E-state index is 14.7. The van der Waals surface area contributed by atoms with Crippen molar-refractivity contribution in [2.75, 3.05) is 24.5 Å². The van der Waals surface area contributed by atoms with E-state index in [0.29, 0.717) is 24.4 Å². The minimum atomic E-state index is -4.20. The van der Waals surface area contributed by atoms with Crippen molar-refractivity contribution in [3.8, 4) is 5.75 Å². The van der Waals surface area contributed by atoms with E-state index in [2.05, 4.69) is 5.32 Å². The first kappa shape index (κ1) is 29.9. The van der Waals surface area contributed by atoms with Crippen LogP contribution in [0.4, 0.5) is 10.1 Å². The standard InChI is InChI=1S/C33H32FN3O5S/c1-24-15-17-27(18-16-24)43(40,41)36(21-26-11-5-6-12-28(26)34)23-32(38)37-22-31(42-30-14-8-7-13-29(30)37)33(39)35-20-19-25-9-3-2-4-10-25/h2-18,31H,19-23H2,1H3,(H,35,39)/t31-/m0/s1. The van der Waals surface area contributed by atoms with Crippen LogP contribution in [-0.4, -0.2) is 50.3 Å². The molecule has 43 heavy (non-hydrogen) atoms. The molecule has 0 aromatic heterocycles. The largest absolute Gasteiger partial charge is 0.477 e. The molecule has 0 saturated heterocycles. The maximum absolute atomic E-state index is 14.7. The lowest BCUT2D eigenvalue weighted by molar-refractivity contribution is -0.128. The normalized spacial score (nSPS) is 14.6. The van der Waals surface area contributed by atoms with Crippen molar-refractivity contribution >= 4 is 27.5 Å². The van der Waals surface area contributed by atoms with Crippen molar-refractivity contribution in [2.24, 2.45) is 0 Å². The summed E-state index contributed by atoms with van der Waals surface area (Å²) in [6, 6.07) is 28.6. The molecule has 4 aromatic rings. The van der Waals surface area contributed by atoms with Crippen molar-refractivity contribution in [1.29, 1.82) is 0 Å². The van der Waals surface area contributed by atoms with Gasteiger partial charge in [-0.2, -0.15) is 4.31 Å². The first-order valence-electron chi connectivity index (χ1n) is 13.9. The van der Waals surface area contributed by atoms with Gasteiger partial charge in [0.2, 0.25) is 15.9 Å². The first-order valence-corrected chi connectivity index (χ1v) is 15.3. The van der Waals surface area contributed by atoms with Gasteiger partial charge in [0.05, 0.1) is 23.7 Å². The monoisotopic (exact) mass is 601 g/mol. The van der Waals surface area contributed by atoms with E-state index in [4.69, 9.17) is 4.74 Å². The number of ether oxygens (including phenoxy) is 1. The molecule has 5 rings (SSSR count). The highest BCUT2D eigenvalue weighted by Gasteiger charge is 2.36. The van der Waals surface area contributed by atoms with Gasteiger partial charge in [0, 0.05) is 18.7 Å². The number of amides is 2. The Hall–Kier alpha value is -4.54. The molecule has 8 nitrogen and oxygen atoms in total. The van der Waals surface area contributed by atoms with Gasteiger partial charge in [0.1, 0.15) is 11.6 Å². The predicted octanol–water partition coefficient (Wildman–Crippen LogP) is 4.48. The number of fused-ring (bicyclic) bond motifs is 1. The fourth-order valence-corrected chi connectivity index (χ4v) is 6.20. The third-order valence-corrected chi connectivity index (χ3v) is 9.00. The zero-order chi connectivity index (χ0) is 30.4. The Kier molecular flexibility index (Phi) is 9.18. The van der Waals surface area contributed by atoms with Gasteiger partial charge in [-0.3, -0.25) is 9.59 Å². The lowest BCUT2D eigenvalue weighted by Crippen LogP contribution is -2.53. The second-order valence-electron chi connectivity index (χ2n) is 10.3. The molecule has 0 spiro atoms. The van der Waals surface area contributed by atoms with Crippen LogP contribution >= 0.6 is 0 Å². The second-order valence-corrected chi connectivity index (χ2v) is 12.2. The lowest BCUT2D eigenvalue weighted by atomic mass is 10.1. The minimum absolute atomic E-state index is 0.0136. The molecule has 1 aliphatic heterocycles. The van der Waals surface area contributed by atoms with Crippen LogP contribution in [0.5, 0.6) is 5.75 Å².